The summed E-state index contributed by atoms with van der Waals surface area (Å²) in [6.45, 7) is 7.20. The van der Waals surface area contributed by atoms with Crippen molar-refractivity contribution in [3.63, 3.8) is 0 Å². The molecule has 0 fully saturated rings. The smallest absolute Gasteiger partial charge is 0.382 e. The van der Waals surface area contributed by atoms with Crippen molar-refractivity contribution in [3.8, 4) is 0 Å². The fourth-order valence-electron chi connectivity index (χ4n) is 3.84. The van der Waals surface area contributed by atoms with Crippen molar-refractivity contribution in [1.29, 1.82) is 0 Å². The van der Waals surface area contributed by atoms with Gasteiger partial charge in [0.2, 0.25) is 6.04 Å². The van der Waals surface area contributed by atoms with Gasteiger partial charge in [0, 0.05) is 24.3 Å². The van der Waals surface area contributed by atoms with Crippen LogP contribution in [0.2, 0.25) is 0 Å². The number of benzene rings is 2. The first kappa shape index (κ1) is 22.2. The van der Waals surface area contributed by atoms with Crippen molar-refractivity contribution >= 4 is 40.6 Å². The van der Waals surface area contributed by atoms with Gasteiger partial charge in [-0.25, -0.2) is 15.0 Å². The standard InChI is InChI=1S/C23H22N6O4/c1-12-8-9-18(10-13(12)2)29(17-7-5-6-16(11-17)23(32)33)22(31)20(15(4)28-29)26-25-19-14(3)24-27-21(19)30/h5-11,19-20H,1-4H3,(H-,27,30,32,33)/p+1. The minimum Gasteiger partial charge on any atom is -0.478 e. The highest BCUT2D eigenvalue weighted by Gasteiger charge is 2.54. The Hall–Kier alpha value is -4.05. The first-order valence-electron chi connectivity index (χ1n) is 10.3. The van der Waals surface area contributed by atoms with Crippen LogP contribution in [-0.2, 0) is 9.59 Å². The third kappa shape index (κ3) is 3.64. The molecule has 3 unspecified atom stereocenters. The monoisotopic (exact) mass is 447 g/mol. The SMILES string of the molecule is CC1=NNC(=O)C1N=NC1C(=O)[N+](c2cccc(C(=O)O)c2)(c2ccc(C)c(C)c2)N=C1C. The Morgan fingerprint density at radius 2 is 1.64 bits per heavy atom. The summed E-state index contributed by atoms with van der Waals surface area (Å²) in [5.74, 6) is -1.95. The molecule has 2 amide bonds. The van der Waals surface area contributed by atoms with Crippen LogP contribution in [0.15, 0.2) is 62.9 Å². The van der Waals surface area contributed by atoms with E-state index < -0.39 is 34.5 Å². The van der Waals surface area contributed by atoms with E-state index >= 15 is 0 Å². The number of nitrogens with one attached hydrogen (secondary N) is 1. The van der Waals surface area contributed by atoms with E-state index in [0.717, 1.165) is 11.1 Å². The lowest BCUT2D eigenvalue weighted by atomic mass is 10.1. The predicted molar refractivity (Wildman–Crippen MR) is 123 cm³/mol. The van der Waals surface area contributed by atoms with Crippen molar-refractivity contribution < 1.29 is 19.5 Å². The lowest BCUT2D eigenvalue weighted by Crippen LogP contribution is -2.45. The zero-order valence-electron chi connectivity index (χ0n) is 18.6. The van der Waals surface area contributed by atoms with Crippen LogP contribution >= 0.6 is 0 Å². The number of hydrogen-bond donors (Lipinski definition) is 2. The van der Waals surface area contributed by atoms with Gasteiger partial charge in [0.05, 0.1) is 11.3 Å². The van der Waals surface area contributed by atoms with Crippen LogP contribution in [0.5, 0.6) is 0 Å². The van der Waals surface area contributed by atoms with E-state index in [2.05, 4.69) is 20.8 Å². The molecule has 0 aromatic heterocycles. The Kier molecular flexibility index (Phi) is 5.46. The van der Waals surface area contributed by atoms with Gasteiger partial charge in [-0.2, -0.15) is 15.3 Å². The normalized spacial score (nSPS) is 24.7. The zero-order valence-corrected chi connectivity index (χ0v) is 18.6. The molecule has 2 aliphatic rings. The van der Waals surface area contributed by atoms with Crippen LogP contribution in [0.4, 0.5) is 11.4 Å². The summed E-state index contributed by atoms with van der Waals surface area (Å²) in [6.07, 6.45) is 0. The van der Waals surface area contributed by atoms with Gasteiger partial charge in [-0.3, -0.25) is 4.79 Å². The maximum atomic E-state index is 13.9. The largest absolute Gasteiger partial charge is 0.478 e. The van der Waals surface area contributed by atoms with Crippen LogP contribution in [0.25, 0.3) is 0 Å². The van der Waals surface area contributed by atoms with Crippen molar-refractivity contribution in [1.82, 2.24) is 10.0 Å². The molecule has 2 N–H and O–H groups in total. The van der Waals surface area contributed by atoms with Crippen LogP contribution in [0, 0.1) is 13.8 Å². The first-order valence-corrected chi connectivity index (χ1v) is 10.3. The van der Waals surface area contributed by atoms with Gasteiger partial charge < -0.3 is 5.11 Å². The number of carbonyl (C=O) groups is 3. The van der Waals surface area contributed by atoms with E-state index in [1.165, 1.54) is 12.1 Å². The molecule has 0 saturated carbocycles. The van der Waals surface area contributed by atoms with E-state index in [1.54, 1.807) is 32.0 Å². The van der Waals surface area contributed by atoms with Crippen LogP contribution < -0.4 is 10.0 Å². The molecular weight excluding hydrogens is 424 g/mol. The molecule has 168 valence electrons. The molecular formula is C23H23N6O4+. The molecule has 0 radical (unpaired) electrons. The number of aryl methyl sites for hydroxylation is 2. The second-order valence-corrected chi connectivity index (χ2v) is 8.10. The molecule has 2 aromatic carbocycles. The number of amides is 2. The van der Waals surface area contributed by atoms with Gasteiger partial charge in [0.1, 0.15) is 5.71 Å². The molecule has 0 bridgehead atoms. The molecule has 2 aliphatic heterocycles. The number of carboxylic acid groups (broad SMARTS) is 1. The summed E-state index contributed by atoms with van der Waals surface area (Å²) < 4.78 is -0.582. The van der Waals surface area contributed by atoms with Gasteiger partial charge in [-0.15, -0.1) is 0 Å². The van der Waals surface area contributed by atoms with Gasteiger partial charge in [0.15, 0.2) is 17.4 Å². The number of azo groups is 1. The summed E-state index contributed by atoms with van der Waals surface area (Å²) in [4.78, 5) is 37.5. The highest BCUT2D eigenvalue weighted by Crippen LogP contribution is 2.41. The fourth-order valence-corrected chi connectivity index (χ4v) is 3.84. The second kappa shape index (κ2) is 8.14. The molecule has 4 rings (SSSR count). The molecule has 33 heavy (non-hydrogen) atoms. The summed E-state index contributed by atoms with van der Waals surface area (Å²) in [6, 6.07) is 9.74. The Morgan fingerprint density at radius 1 is 0.939 bits per heavy atom. The molecule has 2 heterocycles. The molecule has 0 saturated heterocycles. The Balaban J connectivity index is 1.85. The van der Waals surface area contributed by atoms with Crippen molar-refractivity contribution in [2.24, 2.45) is 20.4 Å². The van der Waals surface area contributed by atoms with E-state index in [-0.39, 0.29) is 5.56 Å². The summed E-state index contributed by atoms with van der Waals surface area (Å²) in [7, 11) is 0. The fraction of sp³-hybridized carbons (Fsp3) is 0.261. The molecule has 10 nitrogen and oxygen atoms in total. The second-order valence-electron chi connectivity index (χ2n) is 8.10. The first-order chi connectivity index (χ1) is 15.6. The number of carboxylic acids is 1. The van der Waals surface area contributed by atoms with Crippen LogP contribution in [-0.4, -0.2) is 46.4 Å². The molecule has 10 heteroatoms. The molecule has 0 aliphatic carbocycles. The van der Waals surface area contributed by atoms with Gasteiger partial charge in [-0.1, -0.05) is 21.8 Å². The Morgan fingerprint density at radius 3 is 2.27 bits per heavy atom. The average Bonchev–Trinajstić information content (AvgIpc) is 3.24. The van der Waals surface area contributed by atoms with E-state index in [0.29, 0.717) is 22.8 Å². The number of hydrogen-bond acceptors (Lipinski definition) is 7. The Labute approximate surface area is 189 Å². The maximum Gasteiger partial charge on any atom is 0.382 e. The number of nitrogens with zero attached hydrogens (tertiary/aromatic N) is 5. The average molecular weight is 447 g/mol. The van der Waals surface area contributed by atoms with Gasteiger partial charge in [0.25, 0.3) is 5.91 Å². The summed E-state index contributed by atoms with van der Waals surface area (Å²) >= 11 is 0. The third-order valence-corrected chi connectivity index (χ3v) is 5.87. The summed E-state index contributed by atoms with van der Waals surface area (Å²) in [5, 5.41) is 26.3. The number of carbonyl (C=O) groups excluding carboxylic acids is 2. The van der Waals surface area contributed by atoms with E-state index in [4.69, 9.17) is 5.10 Å². The lowest BCUT2D eigenvalue weighted by Gasteiger charge is -2.26. The minimum absolute atomic E-state index is 0.0361. The van der Waals surface area contributed by atoms with Crippen molar-refractivity contribution in [2.75, 3.05) is 0 Å². The van der Waals surface area contributed by atoms with Crippen molar-refractivity contribution in [3.05, 3.63) is 59.2 Å². The molecule has 3 atom stereocenters. The Bertz CT molecular complexity index is 1280. The van der Waals surface area contributed by atoms with Gasteiger partial charge in [-0.05, 0) is 44.9 Å². The number of hydrazone groups is 1. The lowest BCUT2D eigenvalue weighted by molar-refractivity contribution is -0.126. The highest BCUT2D eigenvalue weighted by molar-refractivity contribution is 6.18. The number of quaternary nitrogens is 1. The number of rotatable bonds is 5. The van der Waals surface area contributed by atoms with E-state index in [9.17, 15) is 19.5 Å². The maximum absolute atomic E-state index is 13.9. The minimum atomic E-state index is -1.11. The van der Waals surface area contributed by atoms with Crippen molar-refractivity contribution in [2.45, 2.75) is 39.8 Å². The highest BCUT2D eigenvalue weighted by atomic mass is 16.4. The van der Waals surface area contributed by atoms with Gasteiger partial charge >= 0.3 is 11.9 Å². The quantitative estimate of drug-likeness (QED) is 0.538. The molecule has 2 aromatic rings. The topological polar surface area (TPSA) is 133 Å². The van der Waals surface area contributed by atoms with E-state index in [1.807, 2.05) is 26.0 Å². The summed E-state index contributed by atoms with van der Waals surface area (Å²) in [5.41, 5.74) is 6.15. The van der Waals surface area contributed by atoms with Crippen LogP contribution in [0.3, 0.4) is 0 Å². The predicted octanol–water partition coefficient (Wildman–Crippen LogP) is 3.25. The van der Waals surface area contributed by atoms with Crippen LogP contribution in [0.1, 0.15) is 35.3 Å². The zero-order chi connectivity index (χ0) is 23.9. The third-order valence-electron chi connectivity index (χ3n) is 5.87. The molecule has 0 spiro atoms. The number of aromatic carboxylic acids is 1.